The van der Waals surface area contributed by atoms with Crippen LogP contribution in [0.25, 0.3) is 0 Å². The molecular weight excluding hydrogens is 338 g/mol. The molecular formula is C19H23NO4S. The quantitative estimate of drug-likeness (QED) is 0.839. The lowest BCUT2D eigenvalue weighted by molar-refractivity contribution is 0.0600. The van der Waals surface area contributed by atoms with Gasteiger partial charge in [-0.25, -0.2) is 13.2 Å². The van der Waals surface area contributed by atoms with Crippen LogP contribution < -0.4 is 4.72 Å². The summed E-state index contributed by atoms with van der Waals surface area (Å²) < 4.78 is 32.8. The number of aryl methyl sites for hydroxylation is 1. The number of carbonyl (C=O) groups is 1. The second-order valence-corrected chi connectivity index (χ2v) is 8.60. The smallest absolute Gasteiger partial charge is 0.337 e. The number of benzene rings is 2. The van der Waals surface area contributed by atoms with E-state index in [1.54, 1.807) is 36.4 Å². The SMILES string of the molecule is COC(=O)c1ccc(C(C)(C)C)c(NS(=O)(=O)c2ccc(C)cc2)c1. The van der Waals surface area contributed by atoms with Gasteiger partial charge in [-0.15, -0.1) is 0 Å². The highest BCUT2D eigenvalue weighted by Crippen LogP contribution is 2.32. The predicted molar refractivity (Wildman–Crippen MR) is 98.5 cm³/mol. The van der Waals surface area contributed by atoms with E-state index < -0.39 is 16.0 Å². The van der Waals surface area contributed by atoms with Crippen LogP contribution in [0.5, 0.6) is 0 Å². The molecule has 0 unspecified atom stereocenters. The van der Waals surface area contributed by atoms with Crippen LogP contribution >= 0.6 is 0 Å². The molecule has 0 saturated heterocycles. The Kier molecular flexibility index (Phi) is 5.23. The van der Waals surface area contributed by atoms with Crippen LogP contribution in [0.1, 0.15) is 42.3 Å². The Hall–Kier alpha value is -2.34. The summed E-state index contributed by atoms with van der Waals surface area (Å²) in [4.78, 5) is 12.0. The van der Waals surface area contributed by atoms with E-state index in [1.165, 1.54) is 13.2 Å². The average Bonchev–Trinajstić information content (AvgIpc) is 2.53. The minimum atomic E-state index is -3.76. The Balaban J connectivity index is 2.52. The van der Waals surface area contributed by atoms with Gasteiger partial charge in [0.1, 0.15) is 0 Å². The fourth-order valence-corrected chi connectivity index (χ4v) is 3.52. The van der Waals surface area contributed by atoms with Gasteiger partial charge < -0.3 is 4.74 Å². The molecule has 0 spiro atoms. The average molecular weight is 361 g/mol. The molecule has 134 valence electrons. The summed E-state index contributed by atoms with van der Waals surface area (Å²) >= 11 is 0. The van der Waals surface area contributed by atoms with Gasteiger partial charge in [-0.05, 0) is 42.2 Å². The number of hydrogen-bond acceptors (Lipinski definition) is 4. The van der Waals surface area contributed by atoms with Crippen LogP contribution in [0, 0.1) is 6.92 Å². The normalized spacial score (nSPS) is 11.9. The lowest BCUT2D eigenvalue weighted by atomic mass is 9.85. The molecule has 0 heterocycles. The van der Waals surface area contributed by atoms with Crippen molar-refractivity contribution < 1.29 is 17.9 Å². The number of esters is 1. The van der Waals surface area contributed by atoms with Crippen molar-refractivity contribution in [1.29, 1.82) is 0 Å². The van der Waals surface area contributed by atoms with Crippen molar-refractivity contribution in [3.63, 3.8) is 0 Å². The first kappa shape index (κ1) is 19.0. The molecule has 6 heteroatoms. The van der Waals surface area contributed by atoms with E-state index in [0.29, 0.717) is 5.69 Å². The zero-order valence-corrected chi connectivity index (χ0v) is 15.9. The monoisotopic (exact) mass is 361 g/mol. The standard InChI is InChI=1S/C19H23NO4S/c1-13-6-9-15(10-7-13)25(22,23)20-17-12-14(18(21)24-5)8-11-16(17)19(2,3)4/h6-12,20H,1-5H3. The van der Waals surface area contributed by atoms with Gasteiger partial charge in [-0.1, -0.05) is 44.5 Å². The largest absolute Gasteiger partial charge is 0.465 e. The molecule has 0 atom stereocenters. The summed E-state index contributed by atoms with van der Waals surface area (Å²) in [5.41, 5.74) is 2.12. The van der Waals surface area contributed by atoms with Crippen LogP contribution in [0.2, 0.25) is 0 Å². The molecule has 0 saturated carbocycles. The van der Waals surface area contributed by atoms with Gasteiger partial charge >= 0.3 is 5.97 Å². The van der Waals surface area contributed by atoms with Gasteiger partial charge in [0.05, 0.1) is 23.3 Å². The lowest BCUT2D eigenvalue weighted by Crippen LogP contribution is -2.20. The van der Waals surface area contributed by atoms with E-state index in [4.69, 9.17) is 4.74 Å². The number of hydrogen-bond donors (Lipinski definition) is 1. The molecule has 2 aromatic rings. The maximum Gasteiger partial charge on any atom is 0.337 e. The summed E-state index contributed by atoms with van der Waals surface area (Å²) in [6.45, 7) is 7.82. The third-order valence-corrected chi connectivity index (χ3v) is 5.21. The minimum absolute atomic E-state index is 0.168. The van der Waals surface area contributed by atoms with Crippen molar-refractivity contribution in [2.24, 2.45) is 0 Å². The van der Waals surface area contributed by atoms with Crippen molar-refractivity contribution in [3.8, 4) is 0 Å². The van der Waals surface area contributed by atoms with Crippen molar-refractivity contribution in [3.05, 3.63) is 59.2 Å². The first-order valence-electron chi connectivity index (χ1n) is 7.87. The third-order valence-electron chi connectivity index (χ3n) is 3.82. The molecule has 0 aromatic heterocycles. The highest BCUT2D eigenvalue weighted by atomic mass is 32.2. The Morgan fingerprint density at radius 1 is 1.04 bits per heavy atom. The third kappa shape index (κ3) is 4.39. The van der Waals surface area contributed by atoms with Crippen LogP contribution in [-0.2, 0) is 20.2 Å². The zero-order valence-electron chi connectivity index (χ0n) is 15.1. The fraction of sp³-hybridized carbons (Fsp3) is 0.316. The van der Waals surface area contributed by atoms with E-state index in [0.717, 1.165) is 11.1 Å². The first-order valence-corrected chi connectivity index (χ1v) is 9.35. The molecule has 0 bridgehead atoms. The van der Waals surface area contributed by atoms with Crippen LogP contribution in [0.15, 0.2) is 47.4 Å². The van der Waals surface area contributed by atoms with Gasteiger partial charge in [-0.2, -0.15) is 0 Å². The van der Waals surface area contributed by atoms with Gasteiger partial charge in [-0.3, -0.25) is 4.72 Å². The molecule has 25 heavy (non-hydrogen) atoms. The number of nitrogens with one attached hydrogen (secondary N) is 1. The van der Waals surface area contributed by atoms with Crippen molar-refractivity contribution in [2.45, 2.75) is 38.0 Å². The highest BCUT2D eigenvalue weighted by molar-refractivity contribution is 7.92. The van der Waals surface area contributed by atoms with E-state index in [9.17, 15) is 13.2 Å². The number of carbonyl (C=O) groups excluding carboxylic acids is 1. The molecule has 0 aliphatic carbocycles. The van der Waals surface area contributed by atoms with Crippen molar-refractivity contribution in [2.75, 3.05) is 11.8 Å². The van der Waals surface area contributed by atoms with Crippen LogP contribution in [0.3, 0.4) is 0 Å². The molecule has 0 aliphatic heterocycles. The van der Waals surface area contributed by atoms with Gasteiger partial charge in [0, 0.05) is 0 Å². The van der Waals surface area contributed by atoms with E-state index >= 15 is 0 Å². The molecule has 2 aromatic carbocycles. The maximum absolute atomic E-state index is 12.7. The van der Waals surface area contributed by atoms with Crippen LogP contribution in [0.4, 0.5) is 5.69 Å². The molecule has 0 radical (unpaired) electrons. The predicted octanol–water partition coefficient (Wildman–Crippen LogP) is 3.88. The second-order valence-electron chi connectivity index (χ2n) is 6.92. The van der Waals surface area contributed by atoms with E-state index in [-0.39, 0.29) is 15.9 Å². The molecule has 0 amide bonds. The molecule has 0 aliphatic rings. The molecule has 2 rings (SSSR count). The number of anilines is 1. The fourth-order valence-electron chi connectivity index (χ4n) is 2.45. The van der Waals surface area contributed by atoms with Crippen LogP contribution in [-0.4, -0.2) is 21.5 Å². The van der Waals surface area contributed by atoms with E-state index in [2.05, 4.69) is 4.72 Å². The number of sulfonamides is 1. The summed E-state index contributed by atoms with van der Waals surface area (Å²) in [6.07, 6.45) is 0. The Morgan fingerprint density at radius 3 is 2.16 bits per heavy atom. The lowest BCUT2D eigenvalue weighted by Gasteiger charge is -2.24. The number of ether oxygens (including phenoxy) is 1. The number of methoxy groups -OCH3 is 1. The molecule has 1 N–H and O–H groups in total. The Morgan fingerprint density at radius 2 is 1.64 bits per heavy atom. The Bertz CT molecular complexity index is 879. The molecule has 0 fully saturated rings. The maximum atomic E-state index is 12.7. The minimum Gasteiger partial charge on any atom is -0.465 e. The molecule has 5 nitrogen and oxygen atoms in total. The second kappa shape index (κ2) is 6.88. The zero-order chi connectivity index (χ0) is 18.8. The number of rotatable bonds is 4. The van der Waals surface area contributed by atoms with Gasteiger partial charge in [0.25, 0.3) is 10.0 Å². The summed E-state index contributed by atoms with van der Waals surface area (Å²) in [7, 11) is -2.48. The van der Waals surface area contributed by atoms with Crippen molar-refractivity contribution in [1.82, 2.24) is 0 Å². The van der Waals surface area contributed by atoms with Gasteiger partial charge in [0.2, 0.25) is 0 Å². The highest BCUT2D eigenvalue weighted by Gasteiger charge is 2.23. The summed E-state index contributed by atoms with van der Waals surface area (Å²) in [6, 6.07) is 11.5. The van der Waals surface area contributed by atoms with Crippen molar-refractivity contribution >= 4 is 21.7 Å². The summed E-state index contributed by atoms with van der Waals surface area (Å²) in [5.74, 6) is -0.517. The topological polar surface area (TPSA) is 72.5 Å². The summed E-state index contributed by atoms with van der Waals surface area (Å²) in [5, 5.41) is 0. The van der Waals surface area contributed by atoms with E-state index in [1.807, 2.05) is 27.7 Å². The Labute approximate surface area is 149 Å². The first-order chi connectivity index (χ1) is 11.5. The van der Waals surface area contributed by atoms with Gasteiger partial charge in [0.15, 0.2) is 0 Å².